The molecule has 1 atom stereocenters. The van der Waals surface area contributed by atoms with E-state index in [9.17, 15) is 4.79 Å². The summed E-state index contributed by atoms with van der Waals surface area (Å²) in [4.78, 5) is 20.0. The van der Waals surface area contributed by atoms with Gasteiger partial charge in [0.05, 0.1) is 0 Å². The van der Waals surface area contributed by atoms with Crippen LogP contribution in [0.2, 0.25) is 0 Å². The molecule has 7 nitrogen and oxygen atoms in total. The number of aliphatic hydroxyl groups is 1. The molecular weight excluding hydrogens is 282 g/mol. The molecule has 0 saturated carbocycles. The fourth-order valence-electron chi connectivity index (χ4n) is 1.90. The Hall–Kier alpha value is -2.41. The van der Waals surface area contributed by atoms with E-state index in [-0.39, 0.29) is 18.6 Å². The highest BCUT2D eigenvalue weighted by Gasteiger charge is 2.05. The van der Waals surface area contributed by atoms with Crippen LogP contribution in [0.5, 0.6) is 0 Å². The molecule has 1 unspecified atom stereocenters. The van der Waals surface area contributed by atoms with Crippen molar-refractivity contribution in [1.29, 1.82) is 0 Å². The van der Waals surface area contributed by atoms with Crippen LogP contribution in [0.25, 0.3) is 5.82 Å². The molecular formula is C15H21N5O2. The number of hydrogen-bond donors (Lipinski definition) is 3. The van der Waals surface area contributed by atoms with E-state index < -0.39 is 0 Å². The number of aromatic nitrogens is 3. The summed E-state index contributed by atoms with van der Waals surface area (Å²) < 4.78 is 1.81. The summed E-state index contributed by atoms with van der Waals surface area (Å²) in [5, 5.41) is 14.4. The number of urea groups is 1. The topological polar surface area (TPSA) is 92.1 Å². The van der Waals surface area contributed by atoms with Crippen LogP contribution in [0.15, 0.2) is 37.1 Å². The summed E-state index contributed by atoms with van der Waals surface area (Å²) in [5.74, 6) is 1.04. The van der Waals surface area contributed by atoms with Gasteiger partial charge in [-0.25, -0.2) is 14.8 Å². The number of amides is 2. The van der Waals surface area contributed by atoms with E-state index in [1.165, 1.54) is 0 Å². The molecule has 0 bridgehead atoms. The smallest absolute Gasteiger partial charge is 0.315 e. The van der Waals surface area contributed by atoms with Crippen molar-refractivity contribution in [2.75, 3.05) is 13.2 Å². The Bertz CT molecular complexity index is 568. The molecule has 2 amide bonds. The van der Waals surface area contributed by atoms with Crippen LogP contribution < -0.4 is 10.6 Å². The fourth-order valence-corrected chi connectivity index (χ4v) is 1.90. The van der Waals surface area contributed by atoms with Crippen molar-refractivity contribution in [2.24, 2.45) is 5.92 Å². The number of nitrogens with zero attached hydrogens (tertiary/aromatic N) is 3. The van der Waals surface area contributed by atoms with Gasteiger partial charge in [0.1, 0.15) is 12.1 Å². The molecule has 0 aliphatic heterocycles. The lowest BCUT2D eigenvalue weighted by atomic mass is 10.1. The Balaban J connectivity index is 1.76. The normalized spacial score (nSPS) is 11.9. The zero-order chi connectivity index (χ0) is 15.8. The fraction of sp³-hybridized carbons (Fsp3) is 0.400. The van der Waals surface area contributed by atoms with Gasteiger partial charge in [-0.1, -0.05) is 13.0 Å². The molecule has 0 aliphatic rings. The number of imidazole rings is 1. The number of nitrogens with one attached hydrogen (secondary N) is 2. The van der Waals surface area contributed by atoms with Crippen molar-refractivity contribution >= 4 is 6.03 Å². The van der Waals surface area contributed by atoms with Crippen LogP contribution in [0.3, 0.4) is 0 Å². The van der Waals surface area contributed by atoms with Crippen LogP contribution in [0.1, 0.15) is 18.9 Å². The molecule has 3 N–H and O–H groups in total. The van der Waals surface area contributed by atoms with E-state index in [0.29, 0.717) is 19.5 Å². The maximum Gasteiger partial charge on any atom is 0.315 e. The highest BCUT2D eigenvalue weighted by Crippen LogP contribution is 2.05. The van der Waals surface area contributed by atoms with Crippen LogP contribution in [-0.4, -0.2) is 38.8 Å². The Morgan fingerprint density at radius 3 is 2.91 bits per heavy atom. The first kappa shape index (κ1) is 16.0. The summed E-state index contributed by atoms with van der Waals surface area (Å²) in [5.41, 5.74) is 0.919. The van der Waals surface area contributed by atoms with Crippen molar-refractivity contribution in [3.05, 3.63) is 42.6 Å². The number of pyridine rings is 1. The van der Waals surface area contributed by atoms with Gasteiger partial charge in [0.25, 0.3) is 0 Å². The second-order valence-electron chi connectivity index (χ2n) is 5.18. The predicted octanol–water partition coefficient (Wildman–Crippen LogP) is 1.08. The lowest BCUT2D eigenvalue weighted by molar-refractivity contribution is 0.233. The Kier molecular flexibility index (Phi) is 5.91. The quantitative estimate of drug-likeness (QED) is 0.714. The molecule has 0 saturated heterocycles. The van der Waals surface area contributed by atoms with Crippen LogP contribution >= 0.6 is 0 Å². The number of hydrogen-bond acceptors (Lipinski definition) is 4. The summed E-state index contributed by atoms with van der Waals surface area (Å²) in [6.07, 6.45) is 7.60. The first-order chi connectivity index (χ1) is 10.7. The van der Waals surface area contributed by atoms with Gasteiger partial charge in [0.2, 0.25) is 0 Å². The monoisotopic (exact) mass is 303 g/mol. The molecule has 0 fully saturated rings. The van der Waals surface area contributed by atoms with Gasteiger partial charge < -0.3 is 15.7 Å². The Labute approximate surface area is 129 Å². The van der Waals surface area contributed by atoms with E-state index in [4.69, 9.17) is 5.11 Å². The third-order valence-electron chi connectivity index (χ3n) is 3.26. The first-order valence-corrected chi connectivity index (χ1v) is 7.25. The minimum atomic E-state index is -0.219. The second-order valence-corrected chi connectivity index (χ2v) is 5.18. The van der Waals surface area contributed by atoms with Gasteiger partial charge in [-0.15, -0.1) is 0 Å². The lowest BCUT2D eigenvalue weighted by Gasteiger charge is -2.12. The summed E-state index contributed by atoms with van der Waals surface area (Å²) >= 11 is 0. The van der Waals surface area contributed by atoms with Crippen molar-refractivity contribution in [2.45, 2.75) is 19.9 Å². The molecule has 7 heteroatoms. The minimum absolute atomic E-state index is 0.138. The number of carbonyl (C=O) groups excluding carboxylic acids is 1. The largest absolute Gasteiger partial charge is 0.396 e. The van der Waals surface area contributed by atoms with E-state index in [0.717, 1.165) is 11.4 Å². The van der Waals surface area contributed by atoms with Crippen molar-refractivity contribution in [1.82, 2.24) is 25.2 Å². The van der Waals surface area contributed by atoms with Gasteiger partial charge in [-0.05, 0) is 24.0 Å². The van der Waals surface area contributed by atoms with Crippen molar-refractivity contribution in [3.63, 3.8) is 0 Å². The molecule has 0 radical (unpaired) electrons. The molecule has 0 spiro atoms. The molecule has 2 aromatic rings. The highest BCUT2D eigenvalue weighted by molar-refractivity contribution is 5.73. The molecule has 118 valence electrons. The standard InChI is InChI=1S/C15H21N5O2/c1-12(4-7-21)8-18-15(22)19-10-13-2-3-14(17-9-13)20-6-5-16-11-20/h2-3,5-6,9,11-12,21H,4,7-8,10H2,1H3,(H2,18,19,22). The third-order valence-corrected chi connectivity index (χ3v) is 3.26. The lowest BCUT2D eigenvalue weighted by Crippen LogP contribution is -2.37. The van der Waals surface area contributed by atoms with E-state index in [1.54, 1.807) is 18.7 Å². The van der Waals surface area contributed by atoms with E-state index in [1.807, 2.05) is 29.8 Å². The molecule has 0 aliphatic carbocycles. The SMILES string of the molecule is CC(CCO)CNC(=O)NCc1ccc(-n2ccnc2)nc1. The van der Waals surface area contributed by atoms with Gasteiger partial charge in [0, 0.05) is 38.3 Å². The average molecular weight is 303 g/mol. The Morgan fingerprint density at radius 1 is 1.41 bits per heavy atom. The van der Waals surface area contributed by atoms with Crippen molar-refractivity contribution in [3.8, 4) is 5.82 Å². The average Bonchev–Trinajstić information content (AvgIpc) is 3.06. The summed E-state index contributed by atoms with van der Waals surface area (Å²) in [6.45, 7) is 3.08. The zero-order valence-corrected chi connectivity index (χ0v) is 12.6. The van der Waals surface area contributed by atoms with Crippen molar-refractivity contribution < 1.29 is 9.90 Å². The molecule has 0 aromatic carbocycles. The van der Waals surface area contributed by atoms with Crippen LogP contribution in [0, 0.1) is 5.92 Å². The predicted molar refractivity (Wildman–Crippen MR) is 82.5 cm³/mol. The summed E-state index contributed by atoms with van der Waals surface area (Å²) in [6, 6.07) is 3.57. The minimum Gasteiger partial charge on any atom is -0.396 e. The highest BCUT2D eigenvalue weighted by atomic mass is 16.3. The molecule has 2 rings (SSSR count). The zero-order valence-electron chi connectivity index (χ0n) is 12.6. The third kappa shape index (κ3) is 4.85. The maximum absolute atomic E-state index is 11.7. The van der Waals surface area contributed by atoms with E-state index >= 15 is 0 Å². The van der Waals surface area contributed by atoms with Crippen LogP contribution in [0.4, 0.5) is 4.79 Å². The number of carbonyl (C=O) groups is 1. The van der Waals surface area contributed by atoms with E-state index in [2.05, 4.69) is 20.6 Å². The van der Waals surface area contributed by atoms with Gasteiger partial charge in [-0.3, -0.25) is 4.57 Å². The van der Waals surface area contributed by atoms with Gasteiger partial charge in [-0.2, -0.15) is 0 Å². The maximum atomic E-state index is 11.7. The van der Waals surface area contributed by atoms with Gasteiger partial charge in [0.15, 0.2) is 0 Å². The molecule has 2 aromatic heterocycles. The number of aliphatic hydroxyl groups excluding tert-OH is 1. The summed E-state index contributed by atoms with van der Waals surface area (Å²) in [7, 11) is 0. The van der Waals surface area contributed by atoms with Crippen LogP contribution in [-0.2, 0) is 6.54 Å². The Morgan fingerprint density at radius 2 is 2.27 bits per heavy atom. The number of rotatable bonds is 7. The molecule has 22 heavy (non-hydrogen) atoms. The first-order valence-electron chi connectivity index (χ1n) is 7.25. The second kappa shape index (κ2) is 8.14. The molecule has 2 heterocycles. The van der Waals surface area contributed by atoms with Gasteiger partial charge >= 0.3 is 6.03 Å².